The molecule has 6 N–H and O–H groups in total. The smallest absolute Gasteiger partial charge is 0.303 e. The Bertz CT molecular complexity index is 349. The normalized spacial score (nSPS) is 10.0. The third-order valence-corrected chi connectivity index (χ3v) is 1.89. The van der Waals surface area contributed by atoms with Crippen molar-refractivity contribution in [3.63, 3.8) is 0 Å². The molecule has 7 heteroatoms. The minimum Gasteiger partial charge on any atom is -0.481 e. The first kappa shape index (κ1) is 12.0. The molecule has 0 bridgehead atoms. The van der Waals surface area contributed by atoms with E-state index in [1.54, 1.807) is 6.07 Å². The fourth-order valence-corrected chi connectivity index (χ4v) is 1.19. The molecule has 1 aromatic rings. The number of nitrogen functional groups attached to an aromatic ring is 2. The summed E-state index contributed by atoms with van der Waals surface area (Å²) in [5, 5.41) is 11.4. The van der Waals surface area contributed by atoms with E-state index < -0.39 is 5.97 Å². The molecule has 0 atom stereocenters. The van der Waals surface area contributed by atoms with Crippen LogP contribution in [0.1, 0.15) is 19.3 Å². The number of hydrogen-bond acceptors (Lipinski definition) is 6. The highest BCUT2D eigenvalue weighted by Crippen LogP contribution is 2.09. The zero-order valence-electron chi connectivity index (χ0n) is 8.81. The van der Waals surface area contributed by atoms with E-state index in [-0.39, 0.29) is 12.4 Å². The number of nitrogens with zero attached hydrogens (tertiary/aromatic N) is 2. The van der Waals surface area contributed by atoms with E-state index in [2.05, 4.69) is 15.3 Å². The van der Waals surface area contributed by atoms with Crippen LogP contribution < -0.4 is 16.8 Å². The zero-order valence-corrected chi connectivity index (χ0v) is 8.81. The van der Waals surface area contributed by atoms with Crippen LogP contribution in [-0.4, -0.2) is 27.6 Å². The van der Waals surface area contributed by atoms with Crippen LogP contribution in [0, 0.1) is 0 Å². The molecule has 0 aliphatic rings. The SMILES string of the molecule is Nc1cc(NCCCCC(=O)O)nc(N)n1. The summed E-state index contributed by atoms with van der Waals surface area (Å²) >= 11 is 0. The van der Waals surface area contributed by atoms with Gasteiger partial charge in [0.2, 0.25) is 5.95 Å². The molecule has 0 aliphatic carbocycles. The van der Waals surface area contributed by atoms with Gasteiger partial charge in [0, 0.05) is 19.0 Å². The molecule has 1 heterocycles. The van der Waals surface area contributed by atoms with Gasteiger partial charge in [-0.15, -0.1) is 0 Å². The van der Waals surface area contributed by atoms with Gasteiger partial charge in [-0.3, -0.25) is 4.79 Å². The van der Waals surface area contributed by atoms with Crippen molar-refractivity contribution >= 4 is 23.6 Å². The van der Waals surface area contributed by atoms with Crippen LogP contribution in [0.4, 0.5) is 17.6 Å². The Balaban J connectivity index is 2.29. The average Bonchev–Trinajstić information content (AvgIpc) is 2.15. The lowest BCUT2D eigenvalue weighted by molar-refractivity contribution is -0.137. The molecule has 0 amide bonds. The summed E-state index contributed by atoms with van der Waals surface area (Å²) in [6.07, 6.45) is 1.55. The monoisotopic (exact) mass is 225 g/mol. The Morgan fingerprint density at radius 1 is 1.38 bits per heavy atom. The van der Waals surface area contributed by atoms with Crippen molar-refractivity contribution < 1.29 is 9.90 Å². The Morgan fingerprint density at radius 2 is 2.12 bits per heavy atom. The van der Waals surface area contributed by atoms with Crippen molar-refractivity contribution in [3.05, 3.63) is 6.07 Å². The van der Waals surface area contributed by atoms with Crippen molar-refractivity contribution in [1.29, 1.82) is 0 Å². The number of nitrogens with two attached hydrogens (primary N) is 2. The Morgan fingerprint density at radius 3 is 2.75 bits per heavy atom. The number of aromatic nitrogens is 2. The fraction of sp³-hybridized carbons (Fsp3) is 0.444. The van der Waals surface area contributed by atoms with Gasteiger partial charge in [0.05, 0.1) is 0 Å². The van der Waals surface area contributed by atoms with Gasteiger partial charge >= 0.3 is 5.97 Å². The number of carboxylic acid groups (broad SMARTS) is 1. The largest absolute Gasteiger partial charge is 0.481 e. The summed E-state index contributed by atoms with van der Waals surface area (Å²) in [6.45, 7) is 0.628. The van der Waals surface area contributed by atoms with E-state index in [0.29, 0.717) is 24.6 Å². The van der Waals surface area contributed by atoms with Crippen molar-refractivity contribution in [3.8, 4) is 0 Å². The van der Waals surface area contributed by atoms with Crippen LogP contribution in [0.25, 0.3) is 0 Å². The summed E-state index contributed by atoms with van der Waals surface area (Å²) in [4.78, 5) is 17.9. The molecule has 0 spiro atoms. The number of aliphatic carboxylic acids is 1. The molecule has 1 rings (SSSR count). The van der Waals surface area contributed by atoms with Crippen LogP contribution in [0.3, 0.4) is 0 Å². The average molecular weight is 225 g/mol. The second-order valence-electron chi connectivity index (χ2n) is 3.31. The summed E-state index contributed by atoms with van der Waals surface area (Å²) in [5.41, 5.74) is 10.9. The lowest BCUT2D eigenvalue weighted by Crippen LogP contribution is -2.07. The number of unbranched alkanes of at least 4 members (excludes halogenated alkanes) is 1. The van der Waals surface area contributed by atoms with Gasteiger partial charge in [0.25, 0.3) is 0 Å². The van der Waals surface area contributed by atoms with Gasteiger partial charge in [0.1, 0.15) is 11.6 Å². The summed E-state index contributed by atoms with van der Waals surface area (Å²) in [5.74, 6) is 0.199. The highest BCUT2D eigenvalue weighted by molar-refractivity contribution is 5.66. The minimum atomic E-state index is -0.782. The Kier molecular flexibility index (Phi) is 4.31. The maximum Gasteiger partial charge on any atom is 0.303 e. The highest BCUT2D eigenvalue weighted by Gasteiger charge is 1.99. The molecule has 0 aliphatic heterocycles. The summed E-state index contributed by atoms with van der Waals surface area (Å²) < 4.78 is 0. The maximum atomic E-state index is 10.2. The lowest BCUT2D eigenvalue weighted by atomic mass is 10.2. The van der Waals surface area contributed by atoms with Gasteiger partial charge in [-0.1, -0.05) is 0 Å². The van der Waals surface area contributed by atoms with E-state index in [1.165, 1.54) is 0 Å². The molecule has 7 nitrogen and oxygen atoms in total. The molecule has 1 aromatic heterocycles. The Hall–Kier alpha value is -2.05. The van der Waals surface area contributed by atoms with E-state index in [1.807, 2.05) is 0 Å². The number of carboxylic acids is 1. The van der Waals surface area contributed by atoms with Gasteiger partial charge in [-0.2, -0.15) is 9.97 Å². The van der Waals surface area contributed by atoms with E-state index in [0.717, 1.165) is 6.42 Å². The number of nitrogens with one attached hydrogen (secondary N) is 1. The fourth-order valence-electron chi connectivity index (χ4n) is 1.19. The number of rotatable bonds is 6. The number of hydrogen-bond donors (Lipinski definition) is 4. The number of carbonyl (C=O) groups is 1. The van der Waals surface area contributed by atoms with Crippen LogP contribution in [-0.2, 0) is 4.79 Å². The van der Waals surface area contributed by atoms with Gasteiger partial charge in [0.15, 0.2) is 0 Å². The van der Waals surface area contributed by atoms with Crippen molar-refractivity contribution in [1.82, 2.24) is 9.97 Å². The molecule has 16 heavy (non-hydrogen) atoms. The van der Waals surface area contributed by atoms with E-state index in [9.17, 15) is 4.79 Å². The molecule has 0 radical (unpaired) electrons. The van der Waals surface area contributed by atoms with Gasteiger partial charge in [-0.25, -0.2) is 0 Å². The predicted molar refractivity (Wildman–Crippen MR) is 60.8 cm³/mol. The van der Waals surface area contributed by atoms with E-state index in [4.69, 9.17) is 16.6 Å². The quantitative estimate of drug-likeness (QED) is 0.513. The van der Waals surface area contributed by atoms with Crippen LogP contribution in [0.5, 0.6) is 0 Å². The van der Waals surface area contributed by atoms with Gasteiger partial charge in [-0.05, 0) is 12.8 Å². The third kappa shape index (κ3) is 4.45. The van der Waals surface area contributed by atoms with Crippen LogP contribution in [0.15, 0.2) is 6.07 Å². The molecular weight excluding hydrogens is 210 g/mol. The standard InChI is InChI=1S/C9H15N5O2/c10-6-5-7(14-9(11)13-6)12-4-2-1-3-8(15)16/h5H,1-4H2,(H,15,16)(H5,10,11,12,13,14). The van der Waals surface area contributed by atoms with Crippen molar-refractivity contribution in [2.45, 2.75) is 19.3 Å². The molecule has 88 valence electrons. The van der Waals surface area contributed by atoms with Crippen LogP contribution in [0.2, 0.25) is 0 Å². The van der Waals surface area contributed by atoms with Gasteiger partial charge < -0.3 is 21.9 Å². The predicted octanol–water partition coefficient (Wildman–Crippen LogP) is 0.308. The second kappa shape index (κ2) is 5.74. The van der Waals surface area contributed by atoms with E-state index >= 15 is 0 Å². The molecule has 0 saturated carbocycles. The second-order valence-corrected chi connectivity index (χ2v) is 3.31. The van der Waals surface area contributed by atoms with Crippen LogP contribution >= 0.6 is 0 Å². The molecule has 0 saturated heterocycles. The topological polar surface area (TPSA) is 127 Å². The van der Waals surface area contributed by atoms with Crippen molar-refractivity contribution in [2.24, 2.45) is 0 Å². The first-order chi connectivity index (χ1) is 7.58. The molecule has 0 unspecified atom stereocenters. The Labute approximate surface area is 92.9 Å². The lowest BCUT2D eigenvalue weighted by Gasteiger charge is -2.05. The molecular formula is C9H15N5O2. The summed E-state index contributed by atoms with van der Waals surface area (Å²) in [7, 11) is 0. The first-order valence-electron chi connectivity index (χ1n) is 4.93. The number of anilines is 3. The third-order valence-electron chi connectivity index (χ3n) is 1.89. The molecule has 0 aromatic carbocycles. The zero-order chi connectivity index (χ0) is 12.0. The maximum absolute atomic E-state index is 10.2. The minimum absolute atomic E-state index is 0.119. The van der Waals surface area contributed by atoms with Crippen molar-refractivity contribution in [2.75, 3.05) is 23.3 Å². The summed E-state index contributed by atoms with van der Waals surface area (Å²) in [6, 6.07) is 1.58. The highest BCUT2D eigenvalue weighted by atomic mass is 16.4. The first-order valence-corrected chi connectivity index (χ1v) is 4.93. The molecule has 0 fully saturated rings.